The van der Waals surface area contributed by atoms with Gasteiger partial charge in [-0.1, -0.05) is 12.5 Å². The van der Waals surface area contributed by atoms with Crippen molar-refractivity contribution >= 4 is 5.97 Å². The lowest BCUT2D eigenvalue weighted by molar-refractivity contribution is -0.137. The van der Waals surface area contributed by atoms with E-state index in [-0.39, 0.29) is 18.8 Å². The number of carboxylic acids is 1. The van der Waals surface area contributed by atoms with E-state index in [0.717, 1.165) is 19.4 Å². The van der Waals surface area contributed by atoms with Gasteiger partial charge in [0.05, 0.1) is 0 Å². The minimum absolute atomic E-state index is 0.0412. The molecule has 0 aromatic heterocycles. The molecule has 3 atom stereocenters. The summed E-state index contributed by atoms with van der Waals surface area (Å²) >= 11 is 0. The lowest BCUT2D eigenvalue weighted by Gasteiger charge is -2.25. The highest BCUT2D eigenvalue weighted by atomic mass is 16.6. The summed E-state index contributed by atoms with van der Waals surface area (Å²) in [4.78, 5) is 12.2. The maximum absolute atomic E-state index is 10.3. The van der Waals surface area contributed by atoms with Crippen molar-refractivity contribution in [3.8, 4) is 0 Å². The molecule has 0 spiro atoms. The highest BCUT2D eigenvalue weighted by molar-refractivity contribution is 5.66. The number of unbranched alkanes of at least 4 members (excludes halogenated alkanes) is 2. The zero-order chi connectivity index (χ0) is 11.5. The first-order valence-corrected chi connectivity index (χ1v) is 5.68. The normalized spacial score (nSPS) is 32.4. The third-order valence-electron chi connectivity index (χ3n) is 2.95. The van der Waals surface area contributed by atoms with Gasteiger partial charge in [-0.25, -0.2) is 4.90 Å². The van der Waals surface area contributed by atoms with Crippen molar-refractivity contribution in [1.29, 1.82) is 0 Å². The van der Waals surface area contributed by atoms with Crippen molar-refractivity contribution in [1.82, 2.24) is 4.90 Å². The number of aliphatic hydroxyl groups is 1. The van der Waals surface area contributed by atoms with Gasteiger partial charge in [-0.05, 0) is 18.9 Å². The van der Waals surface area contributed by atoms with Crippen LogP contribution in [-0.2, 0) is 9.53 Å². The second-order valence-corrected chi connectivity index (χ2v) is 4.23. The summed E-state index contributed by atoms with van der Waals surface area (Å²) in [5.74, 6) is -0.744. The third-order valence-corrected chi connectivity index (χ3v) is 2.95. The van der Waals surface area contributed by atoms with Crippen LogP contribution >= 0.6 is 0 Å². The lowest BCUT2D eigenvalue weighted by Crippen LogP contribution is -2.40. The van der Waals surface area contributed by atoms with Gasteiger partial charge in [-0.15, -0.1) is 0 Å². The molecule has 2 aliphatic rings. The molecular formula is C11H17NO4. The second kappa shape index (κ2) is 4.95. The molecule has 0 aromatic rings. The number of epoxide rings is 1. The van der Waals surface area contributed by atoms with Crippen LogP contribution in [0.3, 0.4) is 0 Å². The maximum Gasteiger partial charge on any atom is 0.303 e. The summed E-state index contributed by atoms with van der Waals surface area (Å²) < 4.78 is 5.34. The first kappa shape index (κ1) is 11.6. The fraction of sp³-hybridized carbons (Fsp3) is 0.727. The molecule has 5 heteroatoms. The van der Waals surface area contributed by atoms with Crippen molar-refractivity contribution < 1.29 is 19.7 Å². The Morgan fingerprint density at radius 1 is 1.31 bits per heavy atom. The van der Waals surface area contributed by atoms with Crippen LogP contribution in [0.2, 0.25) is 0 Å². The topological polar surface area (TPSA) is 73.3 Å². The van der Waals surface area contributed by atoms with Crippen molar-refractivity contribution in [2.24, 2.45) is 0 Å². The van der Waals surface area contributed by atoms with E-state index in [4.69, 9.17) is 9.84 Å². The van der Waals surface area contributed by atoms with E-state index in [0.29, 0.717) is 6.42 Å². The number of carbonyl (C=O) groups is 1. The summed E-state index contributed by atoms with van der Waals surface area (Å²) in [7, 11) is 0. The molecule has 1 saturated heterocycles. The number of hydrogen-bond acceptors (Lipinski definition) is 4. The zero-order valence-electron chi connectivity index (χ0n) is 9.08. The van der Waals surface area contributed by atoms with E-state index in [1.54, 1.807) is 6.08 Å². The van der Waals surface area contributed by atoms with Gasteiger partial charge in [-0.2, -0.15) is 0 Å². The quantitative estimate of drug-likeness (QED) is 0.394. The average Bonchev–Trinajstić information content (AvgIpc) is 2.99. The van der Waals surface area contributed by atoms with Crippen LogP contribution < -0.4 is 0 Å². The van der Waals surface area contributed by atoms with Gasteiger partial charge in [-0.3, -0.25) is 4.79 Å². The molecule has 3 unspecified atom stereocenters. The van der Waals surface area contributed by atoms with Gasteiger partial charge >= 0.3 is 5.97 Å². The van der Waals surface area contributed by atoms with Gasteiger partial charge in [0.25, 0.3) is 0 Å². The third kappa shape index (κ3) is 2.81. The molecule has 0 radical (unpaired) electrons. The van der Waals surface area contributed by atoms with E-state index in [1.165, 1.54) is 0 Å². The number of nitrogens with zero attached hydrogens (tertiary/aromatic N) is 1. The Morgan fingerprint density at radius 3 is 2.88 bits per heavy atom. The van der Waals surface area contributed by atoms with Crippen molar-refractivity contribution in [2.45, 2.75) is 44.2 Å². The molecule has 90 valence electrons. The number of aliphatic carboxylic acids is 1. The van der Waals surface area contributed by atoms with Crippen LogP contribution in [0, 0.1) is 0 Å². The van der Waals surface area contributed by atoms with Crippen LogP contribution in [0.4, 0.5) is 0 Å². The van der Waals surface area contributed by atoms with Crippen LogP contribution in [-0.4, -0.2) is 46.2 Å². The van der Waals surface area contributed by atoms with Crippen molar-refractivity contribution in [3.05, 3.63) is 12.2 Å². The molecule has 2 N–H and O–H groups in total. The molecule has 2 heterocycles. The Balaban J connectivity index is 1.63. The Labute approximate surface area is 94.3 Å². The number of hydrogen-bond donors (Lipinski definition) is 2. The molecule has 0 bridgehead atoms. The van der Waals surface area contributed by atoms with Gasteiger partial charge in [0.15, 0.2) is 0 Å². The van der Waals surface area contributed by atoms with Crippen molar-refractivity contribution in [3.63, 3.8) is 0 Å². The Hall–Kier alpha value is -0.910. The smallest absolute Gasteiger partial charge is 0.303 e. The molecule has 0 saturated carbocycles. The van der Waals surface area contributed by atoms with Crippen LogP contribution in [0.5, 0.6) is 0 Å². The second-order valence-electron chi connectivity index (χ2n) is 4.23. The Bertz CT molecular complexity index is 292. The van der Waals surface area contributed by atoms with Gasteiger partial charge in [0, 0.05) is 13.0 Å². The Kier molecular flexibility index (Phi) is 3.58. The number of fused-ring (bicyclic) bond motifs is 1. The minimum atomic E-state index is -0.744. The first-order valence-electron chi connectivity index (χ1n) is 5.68. The molecule has 16 heavy (non-hydrogen) atoms. The predicted molar refractivity (Wildman–Crippen MR) is 56.6 cm³/mol. The standard InChI is InChI=1S/C11H17NO4/c13-9-6-5-8-11(16-8)12(9)7-3-1-2-4-10(14)15/h5-6,8-9,11,13H,1-4,7H2,(H,14,15). The molecule has 1 fully saturated rings. The molecule has 0 aliphatic carbocycles. The highest BCUT2D eigenvalue weighted by Gasteiger charge is 2.46. The summed E-state index contributed by atoms with van der Waals surface area (Å²) in [5, 5.41) is 18.1. The Morgan fingerprint density at radius 2 is 2.12 bits per heavy atom. The maximum atomic E-state index is 10.3. The fourth-order valence-corrected chi connectivity index (χ4v) is 2.00. The molecule has 5 nitrogen and oxygen atoms in total. The number of rotatable bonds is 6. The number of ether oxygens (including phenoxy) is 1. The molecule has 0 aromatic carbocycles. The van der Waals surface area contributed by atoms with Gasteiger partial charge in [0.2, 0.25) is 0 Å². The fourth-order valence-electron chi connectivity index (χ4n) is 2.00. The predicted octanol–water partition coefficient (Wildman–Crippen LogP) is 0.546. The van der Waals surface area contributed by atoms with Gasteiger partial charge in [0.1, 0.15) is 18.6 Å². The monoisotopic (exact) mass is 227 g/mol. The number of carboxylic acid groups (broad SMARTS) is 1. The first-order chi connectivity index (χ1) is 7.68. The summed E-state index contributed by atoms with van der Waals surface area (Å²) in [6.45, 7) is 0.756. The van der Waals surface area contributed by atoms with E-state index in [9.17, 15) is 9.90 Å². The van der Waals surface area contributed by atoms with Crippen LogP contribution in [0.25, 0.3) is 0 Å². The highest BCUT2D eigenvalue weighted by Crippen LogP contribution is 2.32. The molecule has 2 rings (SSSR count). The van der Waals surface area contributed by atoms with E-state index < -0.39 is 12.2 Å². The molecule has 0 amide bonds. The van der Waals surface area contributed by atoms with Crippen molar-refractivity contribution in [2.75, 3.05) is 6.54 Å². The SMILES string of the molecule is O=C(O)CCCCCN1C(O)C=CC2OC21. The summed E-state index contributed by atoms with van der Waals surface area (Å²) in [5.41, 5.74) is 0. The summed E-state index contributed by atoms with van der Waals surface area (Å²) in [6, 6.07) is 0. The van der Waals surface area contributed by atoms with Crippen LogP contribution in [0.15, 0.2) is 12.2 Å². The van der Waals surface area contributed by atoms with E-state index >= 15 is 0 Å². The molecule has 2 aliphatic heterocycles. The summed E-state index contributed by atoms with van der Waals surface area (Å²) in [6.07, 6.45) is 5.96. The minimum Gasteiger partial charge on any atom is -0.481 e. The van der Waals surface area contributed by atoms with E-state index in [1.807, 2.05) is 11.0 Å². The number of aliphatic hydroxyl groups excluding tert-OH is 1. The zero-order valence-corrected chi connectivity index (χ0v) is 9.08. The largest absolute Gasteiger partial charge is 0.481 e. The average molecular weight is 227 g/mol. The molecular weight excluding hydrogens is 210 g/mol. The van der Waals surface area contributed by atoms with Gasteiger partial charge < -0.3 is 14.9 Å². The van der Waals surface area contributed by atoms with Crippen LogP contribution in [0.1, 0.15) is 25.7 Å². The van der Waals surface area contributed by atoms with E-state index in [2.05, 4.69) is 0 Å². The lowest BCUT2D eigenvalue weighted by atomic mass is 10.1.